The van der Waals surface area contributed by atoms with Crippen molar-refractivity contribution in [2.45, 2.75) is 6.92 Å². The molecule has 0 bridgehead atoms. The summed E-state index contributed by atoms with van der Waals surface area (Å²) < 4.78 is 1.81. The lowest BCUT2D eigenvalue weighted by Crippen LogP contribution is -2.19. The van der Waals surface area contributed by atoms with E-state index in [1.807, 2.05) is 18.5 Å². The van der Waals surface area contributed by atoms with E-state index < -0.39 is 0 Å². The molecule has 0 aromatic carbocycles. The fraction of sp³-hybridized carbons (Fsp3) is 0.429. The van der Waals surface area contributed by atoms with Gasteiger partial charge >= 0.3 is 0 Å². The van der Waals surface area contributed by atoms with Crippen molar-refractivity contribution < 1.29 is 4.79 Å². The molecule has 0 aliphatic heterocycles. The summed E-state index contributed by atoms with van der Waals surface area (Å²) in [6.45, 7) is 1.86. The van der Waals surface area contributed by atoms with Crippen LogP contribution in [-0.2, 0) is 7.05 Å². The van der Waals surface area contributed by atoms with Gasteiger partial charge in [0.15, 0.2) is 0 Å². The van der Waals surface area contributed by atoms with Gasteiger partial charge in [-0.3, -0.25) is 4.79 Å². The lowest BCUT2D eigenvalue weighted by molar-refractivity contribution is 0.0958. The van der Waals surface area contributed by atoms with Crippen molar-refractivity contribution in [1.82, 2.24) is 14.9 Å². The largest absolute Gasteiger partial charge is 0.354 e. The van der Waals surface area contributed by atoms with Crippen LogP contribution in [0.4, 0.5) is 0 Å². The van der Waals surface area contributed by atoms with Gasteiger partial charge < -0.3 is 9.88 Å². The Balaban J connectivity index is 3.04. The van der Waals surface area contributed by atoms with Gasteiger partial charge in [0, 0.05) is 19.8 Å². The second-order valence-electron chi connectivity index (χ2n) is 2.37. The van der Waals surface area contributed by atoms with Crippen LogP contribution in [0, 0.1) is 6.92 Å². The predicted molar refractivity (Wildman–Crippen MR) is 41.3 cm³/mol. The molecule has 1 rings (SSSR count). The van der Waals surface area contributed by atoms with Crippen molar-refractivity contribution in [3.05, 3.63) is 17.7 Å². The molecule has 1 aromatic heterocycles. The number of hydrogen-bond donors (Lipinski definition) is 1. The highest BCUT2D eigenvalue weighted by Gasteiger charge is 2.10. The minimum absolute atomic E-state index is 0.136. The molecule has 0 spiro atoms. The molecule has 0 saturated heterocycles. The molecular formula is C7H11N3O. The zero-order chi connectivity index (χ0) is 8.43. The lowest BCUT2D eigenvalue weighted by Gasteiger charge is -1.97. The molecule has 0 unspecified atom stereocenters. The molecule has 11 heavy (non-hydrogen) atoms. The number of carbonyl (C=O) groups excluding carboxylic acids is 1. The smallest absolute Gasteiger partial charge is 0.271 e. The Bertz CT molecular complexity index is 277. The summed E-state index contributed by atoms with van der Waals surface area (Å²) in [5.74, 6) is -0.136. The molecule has 0 aliphatic rings. The SMILES string of the molecule is CNC(=O)c1ncn(C)c1C. The highest BCUT2D eigenvalue weighted by molar-refractivity contribution is 5.93. The minimum atomic E-state index is -0.136. The highest BCUT2D eigenvalue weighted by Crippen LogP contribution is 2.02. The van der Waals surface area contributed by atoms with Crippen LogP contribution in [0.3, 0.4) is 0 Å². The van der Waals surface area contributed by atoms with Crippen molar-refractivity contribution in [2.75, 3.05) is 7.05 Å². The Hall–Kier alpha value is -1.32. The molecule has 0 saturated carbocycles. The predicted octanol–water partition coefficient (Wildman–Crippen LogP) is 0.0881. The molecular weight excluding hydrogens is 142 g/mol. The number of nitrogens with zero attached hydrogens (tertiary/aromatic N) is 2. The van der Waals surface area contributed by atoms with Gasteiger partial charge in [-0.1, -0.05) is 0 Å². The second kappa shape index (κ2) is 2.74. The van der Waals surface area contributed by atoms with Crippen LogP contribution in [0.1, 0.15) is 16.2 Å². The second-order valence-corrected chi connectivity index (χ2v) is 2.37. The van der Waals surface area contributed by atoms with Crippen molar-refractivity contribution in [2.24, 2.45) is 7.05 Å². The van der Waals surface area contributed by atoms with E-state index in [1.165, 1.54) is 0 Å². The summed E-state index contributed by atoms with van der Waals surface area (Å²) in [6.07, 6.45) is 1.62. The molecule has 0 radical (unpaired) electrons. The van der Waals surface area contributed by atoms with E-state index >= 15 is 0 Å². The quantitative estimate of drug-likeness (QED) is 0.621. The van der Waals surface area contributed by atoms with Crippen LogP contribution in [0.2, 0.25) is 0 Å². The molecule has 0 atom stereocenters. The van der Waals surface area contributed by atoms with Gasteiger partial charge in [-0.25, -0.2) is 4.98 Å². The highest BCUT2D eigenvalue weighted by atomic mass is 16.1. The fourth-order valence-electron chi connectivity index (χ4n) is 0.833. The first-order valence-electron chi connectivity index (χ1n) is 3.36. The van der Waals surface area contributed by atoms with Crippen LogP contribution in [0.25, 0.3) is 0 Å². The van der Waals surface area contributed by atoms with E-state index in [4.69, 9.17) is 0 Å². The van der Waals surface area contributed by atoms with Gasteiger partial charge in [-0.05, 0) is 6.92 Å². The lowest BCUT2D eigenvalue weighted by atomic mass is 10.3. The Kier molecular flexibility index (Phi) is 1.94. The van der Waals surface area contributed by atoms with Gasteiger partial charge in [-0.15, -0.1) is 0 Å². The third kappa shape index (κ3) is 1.24. The number of rotatable bonds is 1. The topological polar surface area (TPSA) is 46.9 Å². The molecule has 4 heteroatoms. The molecule has 0 fully saturated rings. The van der Waals surface area contributed by atoms with Crippen LogP contribution in [0.15, 0.2) is 6.33 Å². The van der Waals surface area contributed by atoms with Gasteiger partial charge in [0.2, 0.25) is 0 Å². The van der Waals surface area contributed by atoms with Gasteiger partial charge in [0.05, 0.1) is 6.33 Å². The molecule has 0 aliphatic carbocycles. The molecule has 1 aromatic rings. The Morgan fingerprint density at radius 3 is 2.73 bits per heavy atom. The summed E-state index contributed by atoms with van der Waals surface area (Å²) in [6, 6.07) is 0. The molecule has 1 N–H and O–H groups in total. The zero-order valence-electron chi connectivity index (χ0n) is 6.88. The van der Waals surface area contributed by atoms with E-state index in [1.54, 1.807) is 13.4 Å². The summed E-state index contributed by atoms with van der Waals surface area (Å²) in [4.78, 5) is 15.0. The molecule has 1 amide bonds. The number of imidazole rings is 1. The number of hydrogen-bond acceptors (Lipinski definition) is 2. The van der Waals surface area contributed by atoms with Crippen LogP contribution < -0.4 is 5.32 Å². The fourth-order valence-corrected chi connectivity index (χ4v) is 0.833. The van der Waals surface area contributed by atoms with Gasteiger partial charge in [0.25, 0.3) is 5.91 Å². The molecule has 60 valence electrons. The standard InChI is InChI=1S/C7H11N3O/c1-5-6(7(11)8-2)9-4-10(5)3/h4H,1-3H3,(H,8,11). The Morgan fingerprint density at radius 2 is 2.36 bits per heavy atom. The maximum atomic E-state index is 11.1. The van der Waals surface area contributed by atoms with Gasteiger partial charge in [0.1, 0.15) is 5.69 Å². The third-order valence-electron chi connectivity index (χ3n) is 1.67. The van der Waals surface area contributed by atoms with Crippen molar-refractivity contribution in [1.29, 1.82) is 0 Å². The first-order chi connectivity index (χ1) is 5.16. The van der Waals surface area contributed by atoms with E-state index in [-0.39, 0.29) is 5.91 Å². The van der Waals surface area contributed by atoms with E-state index in [9.17, 15) is 4.79 Å². The average Bonchev–Trinajstić information content (AvgIpc) is 2.32. The van der Waals surface area contributed by atoms with E-state index in [0.717, 1.165) is 5.69 Å². The zero-order valence-corrected chi connectivity index (χ0v) is 6.88. The van der Waals surface area contributed by atoms with Crippen LogP contribution in [-0.4, -0.2) is 22.5 Å². The first-order valence-corrected chi connectivity index (χ1v) is 3.36. The van der Waals surface area contributed by atoms with E-state index in [0.29, 0.717) is 5.69 Å². The Labute approximate surface area is 65.2 Å². The van der Waals surface area contributed by atoms with Gasteiger partial charge in [-0.2, -0.15) is 0 Å². The van der Waals surface area contributed by atoms with Crippen molar-refractivity contribution in [3.8, 4) is 0 Å². The van der Waals surface area contributed by atoms with Crippen molar-refractivity contribution in [3.63, 3.8) is 0 Å². The number of amides is 1. The third-order valence-corrected chi connectivity index (χ3v) is 1.67. The first kappa shape index (κ1) is 7.78. The summed E-state index contributed by atoms with van der Waals surface area (Å²) in [7, 11) is 3.45. The number of aromatic nitrogens is 2. The number of nitrogens with one attached hydrogen (secondary N) is 1. The average molecular weight is 153 g/mol. The summed E-state index contributed by atoms with van der Waals surface area (Å²) in [5.41, 5.74) is 1.37. The minimum Gasteiger partial charge on any atom is -0.354 e. The van der Waals surface area contributed by atoms with Crippen LogP contribution in [0.5, 0.6) is 0 Å². The molecule has 1 heterocycles. The summed E-state index contributed by atoms with van der Waals surface area (Å²) >= 11 is 0. The monoisotopic (exact) mass is 153 g/mol. The number of carbonyl (C=O) groups is 1. The maximum Gasteiger partial charge on any atom is 0.271 e. The summed E-state index contributed by atoms with van der Waals surface area (Å²) in [5, 5.41) is 2.52. The van der Waals surface area contributed by atoms with Crippen molar-refractivity contribution >= 4 is 5.91 Å². The maximum absolute atomic E-state index is 11.1. The molecule has 4 nitrogen and oxygen atoms in total. The number of aryl methyl sites for hydroxylation is 1. The van der Waals surface area contributed by atoms with Crippen LogP contribution >= 0.6 is 0 Å². The Morgan fingerprint density at radius 1 is 1.73 bits per heavy atom. The van der Waals surface area contributed by atoms with E-state index in [2.05, 4.69) is 10.3 Å². The normalized spacial score (nSPS) is 9.73.